The molecule has 1 unspecified atom stereocenters. The van der Waals surface area contributed by atoms with E-state index < -0.39 is 5.97 Å². The number of carboxylic acids is 1. The Morgan fingerprint density at radius 2 is 1.78 bits per heavy atom. The highest BCUT2D eigenvalue weighted by atomic mass is 35.5. The van der Waals surface area contributed by atoms with Crippen LogP contribution in [0.4, 0.5) is 0 Å². The monoisotopic (exact) mass is 503 g/mol. The molecule has 1 aliphatic rings. The molecule has 0 aromatic heterocycles. The van der Waals surface area contributed by atoms with Crippen LogP contribution < -0.4 is 14.8 Å². The number of halogens is 1. The minimum Gasteiger partial charge on any atom is -0.496 e. The van der Waals surface area contributed by atoms with Gasteiger partial charge in [-0.15, -0.1) is 12.4 Å². The third-order valence-electron chi connectivity index (χ3n) is 6.88. The summed E-state index contributed by atoms with van der Waals surface area (Å²) in [5.74, 6) is 0.536. The van der Waals surface area contributed by atoms with E-state index in [4.69, 9.17) is 9.47 Å². The molecule has 0 amide bonds. The van der Waals surface area contributed by atoms with Crippen molar-refractivity contribution in [3.63, 3.8) is 0 Å². The van der Waals surface area contributed by atoms with Gasteiger partial charge in [0.25, 0.3) is 0 Å². The Morgan fingerprint density at radius 1 is 1.03 bits per heavy atom. The van der Waals surface area contributed by atoms with Gasteiger partial charge in [-0.2, -0.15) is 0 Å². The van der Waals surface area contributed by atoms with Crippen molar-refractivity contribution in [2.24, 2.45) is 0 Å². The molecule has 4 aromatic carbocycles. The van der Waals surface area contributed by atoms with E-state index in [0.717, 1.165) is 16.9 Å². The minimum absolute atomic E-state index is 0. The highest BCUT2D eigenvalue weighted by Gasteiger charge is 2.31. The van der Waals surface area contributed by atoms with Crippen LogP contribution in [-0.2, 0) is 0 Å². The van der Waals surface area contributed by atoms with Gasteiger partial charge in [-0.3, -0.25) is 0 Å². The molecule has 3 atom stereocenters. The molecule has 186 valence electrons. The van der Waals surface area contributed by atoms with Crippen molar-refractivity contribution in [2.75, 3.05) is 13.7 Å². The van der Waals surface area contributed by atoms with Gasteiger partial charge in [0.1, 0.15) is 17.6 Å². The molecule has 5 rings (SSSR count). The Labute approximate surface area is 217 Å². The molecule has 1 aliphatic heterocycles. The predicted molar refractivity (Wildman–Crippen MR) is 145 cm³/mol. The van der Waals surface area contributed by atoms with Gasteiger partial charge in [0, 0.05) is 29.6 Å². The van der Waals surface area contributed by atoms with Gasteiger partial charge in [-0.1, -0.05) is 60.7 Å². The molecule has 1 heterocycles. The smallest absolute Gasteiger partial charge is 0.335 e. The first kappa shape index (κ1) is 25.5. The lowest BCUT2D eigenvalue weighted by atomic mass is 9.83. The first-order valence-electron chi connectivity index (χ1n) is 11.9. The summed E-state index contributed by atoms with van der Waals surface area (Å²) in [5, 5.41) is 15.7. The highest BCUT2D eigenvalue weighted by Crippen LogP contribution is 2.43. The summed E-state index contributed by atoms with van der Waals surface area (Å²) in [6.07, 6.45) is 0.636. The maximum Gasteiger partial charge on any atom is 0.335 e. The number of benzene rings is 4. The van der Waals surface area contributed by atoms with Gasteiger partial charge in [0.05, 0.1) is 12.7 Å². The van der Waals surface area contributed by atoms with Crippen molar-refractivity contribution in [3.8, 4) is 11.5 Å². The van der Waals surface area contributed by atoms with Crippen LogP contribution in [0.15, 0.2) is 84.9 Å². The molecule has 0 aliphatic carbocycles. The fourth-order valence-corrected chi connectivity index (χ4v) is 5.10. The lowest BCUT2D eigenvalue weighted by Gasteiger charge is -2.34. The van der Waals surface area contributed by atoms with Gasteiger partial charge >= 0.3 is 5.97 Å². The molecule has 0 spiro atoms. The number of fused-ring (bicyclic) bond motifs is 2. The second kappa shape index (κ2) is 11.0. The molecule has 4 aromatic rings. The van der Waals surface area contributed by atoms with Crippen molar-refractivity contribution < 1.29 is 19.4 Å². The largest absolute Gasteiger partial charge is 0.496 e. The van der Waals surface area contributed by atoms with Crippen molar-refractivity contribution in [1.82, 2.24) is 5.32 Å². The molecule has 0 saturated carbocycles. The van der Waals surface area contributed by atoms with Gasteiger partial charge in [0.2, 0.25) is 0 Å². The van der Waals surface area contributed by atoms with Gasteiger partial charge in [0.15, 0.2) is 0 Å². The molecule has 6 heteroatoms. The minimum atomic E-state index is -0.948. The Balaban J connectivity index is 0.00000304. The number of hydrogen-bond donors (Lipinski definition) is 2. The summed E-state index contributed by atoms with van der Waals surface area (Å²) in [7, 11) is 1.62. The summed E-state index contributed by atoms with van der Waals surface area (Å²) >= 11 is 0. The number of para-hydroxylation sites is 1. The molecule has 2 N–H and O–H groups in total. The van der Waals surface area contributed by atoms with Gasteiger partial charge < -0.3 is 19.9 Å². The zero-order valence-corrected chi connectivity index (χ0v) is 21.1. The molecule has 36 heavy (non-hydrogen) atoms. The second-order valence-electron chi connectivity index (χ2n) is 9.03. The average molecular weight is 504 g/mol. The number of aromatic carboxylic acids is 1. The summed E-state index contributed by atoms with van der Waals surface area (Å²) in [5.41, 5.74) is 3.43. The Kier molecular flexibility index (Phi) is 7.82. The average Bonchev–Trinajstić information content (AvgIpc) is 2.90. The first-order chi connectivity index (χ1) is 17.0. The van der Waals surface area contributed by atoms with E-state index >= 15 is 0 Å². The van der Waals surface area contributed by atoms with Gasteiger partial charge in [-0.25, -0.2) is 4.79 Å². The van der Waals surface area contributed by atoms with E-state index in [1.165, 1.54) is 16.3 Å². The number of carbonyl (C=O) groups is 1. The topological polar surface area (TPSA) is 67.8 Å². The zero-order valence-electron chi connectivity index (χ0n) is 20.3. The fraction of sp³-hybridized carbons (Fsp3) is 0.233. The Bertz CT molecular complexity index is 1370. The van der Waals surface area contributed by atoms with E-state index in [0.29, 0.717) is 18.7 Å². The highest BCUT2D eigenvalue weighted by molar-refractivity contribution is 5.88. The lowest BCUT2D eigenvalue weighted by Crippen LogP contribution is -2.37. The summed E-state index contributed by atoms with van der Waals surface area (Å²) in [6.45, 7) is 2.84. The van der Waals surface area contributed by atoms with E-state index in [1.54, 1.807) is 25.3 Å². The number of rotatable bonds is 7. The summed E-state index contributed by atoms with van der Waals surface area (Å²) < 4.78 is 12.0. The zero-order chi connectivity index (χ0) is 24.4. The number of methoxy groups -OCH3 is 1. The van der Waals surface area contributed by atoms with Crippen molar-refractivity contribution in [2.45, 2.75) is 31.4 Å². The van der Waals surface area contributed by atoms with Crippen LogP contribution in [0.2, 0.25) is 0 Å². The lowest BCUT2D eigenvalue weighted by molar-refractivity contribution is 0.0696. The molecular weight excluding hydrogens is 474 g/mol. The molecule has 0 bridgehead atoms. The SMILES string of the molecule is COc1ccc(C(=O)O)cc1[C@@H]1C[C@H](CNC(C)c2cccc3ccccc23)Oc2ccccc21.Cl. The Morgan fingerprint density at radius 3 is 2.58 bits per heavy atom. The molecule has 5 nitrogen and oxygen atoms in total. The second-order valence-corrected chi connectivity index (χ2v) is 9.03. The van der Waals surface area contributed by atoms with Crippen LogP contribution in [0.3, 0.4) is 0 Å². The van der Waals surface area contributed by atoms with Crippen LogP contribution in [0.5, 0.6) is 11.5 Å². The van der Waals surface area contributed by atoms with Crippen LogP contribution in [0, 0.1) is 0 Å². The first-order valence-corrected chi connectivity index (χ1v) is 11.9. The number of ether oxygens (including phenoxy) is 2. The van der Waals surface area contributed by atoms with E-state index in [-0.39, 0.29) is 36.0 Å². The van der Waals surface area contributed by atoms with Crippen LogP contribution >= 0.6 is 12.4 Å². The Hall–Kier alpha value is -3.54. The standard InChI is InChI=1S/C30H29NO4.ClH/c1-19(23-12-7-9-20-8-3-4-10-24(20)23)31-18-22-17-26(25-11-5-6-13-29(25)35-22)27-16-21(30(32)33)14-15-28(27)34-2;/h3-16,19,22,26,31H,17-18H2,1-2H3,(H,32,33);1H/t19?,22-,26-;/m1./s1. The number of nitrogens with one attached hydrogen (secondary N) is 1. The van der Waals surface area contributed by atoms with Crippen LogP contribution in [-0.4, -0.2) is 30.8 Å². The maximum absolute atomic E-state index is 11.7. The van der Waals surface area contributed by atoms with Crippen molar-refractivity contribution in [3.05, 3.63) is 107 Å². The number of hydrogen-bond acceptors (Lipinski definition) is 4. The number of carboxylic acid groups (broad SMARTS) is 1. The van der Waals surface area contributed by atoms with Gasteiger partial charge in [-0.05, 0) is 53.9 Å². The third kappa shape index (κ3) is 5.03. The summed E-state index contributed by atoms with van der Waals surface area (Å²) in [6, 6.07) is 28.0. The van der Waals surface area contributed by atoms with E-state index in [9.17, 15) is 9.90 Å². The molecule has 0 fully saturated rings. The summed E-state index contributed by atoms with van der Waals surface area (Å²) in [4.78, 5) is 11.7. The molecule has 0 radical (unpaired) electrons. The van der Waals surface area contributed by atoms with Crippen molar-refractivity contribution in [1.29, 1.82) is 0 Å². The normalized spacial score (nSPS) is 17.4. The van der Waals surface area contributed by atoms with E-state index in [1.807, 2.05) is 18.2 Å². The van der Waals surface area contributed by atoms with E-state index in [2.05, 4.69) is 60.8 Å². The quantitative estimate of drug-likeness (QED) is 0.297. The van der Waals surface area contributed by atoms with Crippen LogP contribution in [0.25, 0.3) is 10.8 Å². The maximum atomic E-state index is 11.7. The predicted octanol–water partition coefficient (Wildman–Crippen LogP) is 6.60. The van der Waals surface area contributed by atoms with Crippen LogP contribution in [0.1, 0.15) is 52.4 Å². The van der Waals surface area contributed by atoms with Crippen molar-refractivity contribution >= 4 is 29.1 Å². The molecular formula is C30H30ClNO4. The fourth-order valence-electron chi connectivity index (χ4n) is 5.10. The molecule has 0 saturated heterocycles. The third-order valence-corrected chi connectivity index (χ3v) is 6.88.